The second-order valence-corrected chi connectivity index (χ2v) is 5.05. The normalized spacial score (nSPS) is 12.7. The van der Waals surface area contributed by atoms with Crippen molar-refractivity contribution in [1.82, 2.24) is 0 Å². The first-order valence-electron chi connectivity index (χ1n) is 6.86. The van der Waals surface area contributed by atoms with Gasteiger partial charge in [-0.15, -0.1) is 0 Å². The van der Waals surface area contributed by atoms with Crippen LogP contribution >= 0.6 is 0 Å². The highest BCUT2D eigenvalue weighted by molar-refractivity contribution is 5.78. The van der Waals surface area contributed by atoms with Gasteiger partial charge in [0.15, 0.2) is 6.61 Å². The molecule has 0 saturated carbocycles. The van der Waals surface area contributed by atoms with Crippen LogP contribution in [-0.2, 0) is 9.53 Å². The van der Waals surface area contributed by atoms with Crippen molar-refractivity contribution >= 4 is 5.97 Å². The van der Waals surface area contributed by atoms with Crippen molar-refractivity contribution in [2.75, 3.05) is 6.61 Å². The van der Waals surface area contributed by atoms with E-state index in [0.717, 1.165) is 6.07 Å². The van der Waals surface area contributed by atoms with E-state index in [1.807, 2.05) is 0 Å². The van der Waals surface area contributed by atoms with E-state index in [-0.39, 0.29) is 5.56 Å². The molecule has 0 unspecified atom stereocenters. The summed E-state index contributed by atoms with van der Waals surface area (Å²) in [6.07, 6.45) is -4.59. The summed E-state index contributed by atoms with van der Waals surface area (Å²) in [5.74, 6) is -2.59. The molecule has 23 heavy (non-hydrogen) atoms. The molecule has 0 aliphatic carbocycles. The van der Waals surface area contributed by atoms with Gasteiger partial charge in [-0.1, -0.05) is 42.5 Å². The summed E-state index contributed by atoms with van der Waals surface area (Å²) in [5, 5.41) is 0. The molecule has 2 aromatic rings. The predicted octanol–water partition coefficient (Wildman–Crippen LogP) is 4.70. The molecule has 0 fully saturated rings. The molecule has 0 spiro atoms. The lowest BCUT2D eigenvalue weighted by Crippen LogP contribution is -2.23. The van der Waals surface area contributed by atoms with Crippen LogP contribution in [0, 0.1) is 5.82 Å². The number of hydrogen-bond acceptors (Lipinski definition) is 2. The molecule has 0 heterocycles. The zero-order valence-corrected chi connectivity index (χ0v) is 12.2. The quantitative estimate of drug-likeness (QED) is 0.601. The van der Waals surface area contributed by atoms with Crippen LogP contribution in [0.2, 0.25) is 0 Å². The van der Waals surface area contributed by atoms with Crippen molar-refractivity contribution < 1.29 is 27.1 Å². The number of rotatable bonds is 4. The van der Waals surface area contributed by atoms with Gasteiger partial charge in [0.2, 0.25) is 0 Å². The number of ether oxygens (including phenoxy) is 1. The van der Waals surface area contributed by atoms with E-state index in [4.69, 9.17) is 0 Å². The highest BCUT2D eigenvalue weighted by Crippen LogP contribution is 2.27. The number of carbonyl (C=O) groups is 1. The highest BCUT2D eigenvalue weighted by atomic mass is 19.4. The summed E-state index contributed by atoms with van der Waals surface area (Å²) in [6.45, 7) is -0.281. The maximum absolute atomic E-state index is 14.2. The topological polar surface area (TPSA) is 26.3 Å². The minimum absolute atomic E-state index is 0.259. The van der Waals surface area contributed by atoms with Crippen molar-refractivity contribution in [1.29, 1.82) is 0 Å². The minimum atomic E-state index is -4.59. The number of alkyl halides is 3. The Kier molecular flexibility index (Phi) is 5.03. The van der Waals surface area contributed by atoms with Gasteiger partial charge in [-0.2, -0.15) is 13.2 Å². The largest absolute Gasteiger partial charge is 0.456 e. The third-order valence-electron chi connectivity index (χ3n) is 3.31. The van der Waals surface area contributed by atoms with Gasteiger partial charge in [0.05, 0.1) is 5.92 Å². The van der Waals surface area contributed by atoms with Crippen LogP contribution in [0.3, 0.4) is 0 Å². The van der Waals surface area contributed by atoms with Gasteiger partial charge >= 0.3 is 12.1 Å². The lowest BCUT2D eigenvalue weighted by atomic mass is 9.97. The molecule has 2 aromatic carbocycles. The third-order valence-corrected chi connectivity index (χ3v) is 3.31. The fraction of sp³-hybridized carbons (Fsp3) is 0.235. The molecule has 0 amide bonds. The molecule has 0 bridgehead atoms. The lowest BCUT2D eigenvalue weighted by Gasteiger charge is -2.14. The second kappa shape index (κ2) is 6.81. The Morgan fingerprint density at radius 2 is 1.78 bits per heavy atom. The summed E-state index contributed by atoms with van der Waals surface area (Å²) in [6, 6.07) is 12.9. The van der Waals surface area contributed by atoms with E-state index >= 15 is 0 Å². The van der Waals surface area contributed by atoms with Gasteiger partial charge in [-0.05, 0) is 24.1 Å². The third kappa shape index (κ3) is 4.55. The molecule has 2 nitrogen and oxygen atoms in total. The fourth-order valence-electron chi connectivity index (χ4n) is 2.07. The molecular weight excluding hydrogens is 312 g/mol. The smallest absolute Gasteiger partial charge is 0.422 e. The Balaban J connectivity index is 2.15. The Labute approximate surface area is 130 Å². The van der Waals surface area contributed by atoms with Crippen molar-refractivity contribution in [2.24, 2.45) is 0 Å². The first kappa shape index (κ1) is 17.0. The maximum Gasteiger partial charge on any atom is 0.422 e. The molecule has 0 aliphatic rings. The monoisotopic (exact) mass is 326 g/mol. The second-order valence-electron chi connectivity index (χ2n) is 5.05. The number of esters is 1. The molecule has 2 rings (SSSR count). The summed E-state index contributed by atoms with van der Waals surface area (Å²) >= 11 is 0. The lowest BCUT2D eigenvalue weighted by molar-refractivity contribution is -0.187. The minimum Gasteiger partial charge on any atom is -0.456 e. The van der Waals surface area contributed by atoms with E-state index in [1.165, 1.54) is 19.1 Å². The van der Waals surface area contributed by atoms with Crippen molar-refractivity contribution in [3.05, 3.63) is 59.9 Å². The first-order chi connectivity index (χ1) is 10.8. The van der Waals surface area contributed by atoms with Gasteiger partial charge in [0.1, 0.15) is 5.82 Å². The van der Waals surface area contributed by atoms with E-state index in [0.29, 0.717) is 11.1 Å². The zero-order chi connectivity index (χ0) is 17.0. The molecular formula is C17H14F4O2. The van der Waals surface area contributed by atoms with Crippen LogP contribution in [0.25, 0.3) is 11.1 Å². The van der Waals surface area contributed by atoms with Crippen LogP contribution in [0.5, 0.6) is 0 Å². The van der Waals surface area contributed by atoms with E-state index < -0.39 is 30.5 Å². The van der Waals surface area contributed by atoms with E-state index in [2.05, 4.69) is 4.74 Å². The molecule has 122 valence electrons. The van der Waals surface area contributed by atoms with Gasteiger partial charge in [0.25, 0.3) is 0 Å². The van der Waals surface area contributed by atoms with Crippen molar-refractivity contribution in [3.8, 4) is 11.1 Å². The summed E-state index contributed by atoms with van der Waals surface area (Å²) in [5.41, 5.74) is 1.28. The Bertz CT molecular complexity index is 681. The Morgan fingerprint density at radius 3 is 2.35 bits per heavy atom. The fourth-order valence-corrected chi connectivity index (χ4v) is 2.07. The Hall–Kier alpha value is -2.37. The molecule has 0 saturated heterocycles. The molecule has 0 N–H and O–H groups in total. The van der Waals surface area contributed by atoms with Crippen LogP contribution < -0.4 is 0 Å². The van der Waals surface area contributed by atoms with Gasteiger partial charge in [-0.25, -0.2) is 4.39 Å². The Morgan fingerprint density at radius 1 is 1.13 bits per heavy atom. The number of carbonyl (C=O) groups excluding carboxylic acids is 1. The number of benzene rings is 2. The standard InChI is InChI=1S/C17H14F4O2/c1-11(16(22)23-10-17(19,20)21)13-7-8-14(15(18)9-13)12-5-3-2-4-6-12/h2-9,11H,10H2,1H3/t11-/m0/s1. The number of hydrogen-bond donors (Lipinski definition) is 0. The molecule has 1 atom stereocenters. The highest BCUT2D eigenvalue weighted by Gasteiger charge is 2.31. The van der Waals surface area contributed by atoms with Crippen LogP contribution in [-0.4, -0.2) is 18.8 Å². The molecule has 6 heteroatoms. The number of halogens is 4. The van der Waals surface area contributed by atoms with Gasteiger partial charge in [0, 0.05) is 5.56 Å². The van der Waals surface area contributed by atoms with E-state index in [1.54, 1.807) is 30.3 Å². The van der Waals surface area contributed by atoms with Crippen LogP contribution in [0.15, 0.2) is 48.5 Å². The summed E-state index contributed by atoms with van der Waals surface area (Å²) in [4.78, 5) is 11.6. The predicted molar refractivity (Wildman–Crippen MR) is 77.3 cm³/mol. The van der Waals surface area contributed by atoms with Crippen LogP contribution in [0.4, 0.5) is 17.6 Å². The van der Waals surface area contributed by atoms with Crippen LogP contribution in [0.1, 0.15) is 18.4 Å². The molecule has 0 aromatic heterocycles. The van der Waals surface area contributed by atoms with Gasteiger partial charge in [-0.3, -0.25) is 4.79 Å². The van der Waals surface area contributed by atoms with Gasteiger partial charge < -0.3 is 4.74 Å². The maximum atomic E-state index is 14.2. The first-order valence-corrected chi connectivity index (χ1v) is 6.86. The molecule has 0 radical (unpaired) electrons. The molecule has 0 aliphatic heterocycles. The average molecular weight is 326 g/mol. The SMILES string of the molecule is C[C@H](C(=O)OCC(F)(F)F)c1ccc(-c2ccccc2)c(F)c1. The van der Waals surface area contributed by atoms with E-state index in [9.17, 15) is 22.4 Å². The van der Waals surface area contributed by atoms with Crippen molar-refractivity contribution in [2.45, 2.75) is 19.0 Å². The summed E-state index contributed by atoms with van der Waals surface area (Å²) in [7, 11) is 0. The average Bonchev–Trinajstić information content (AvgIpc) is 2.52. The van der Waals surface area contributed by atoms with Crippen molar-refractivity contribution in [3.63, 3.8) is 0 Å². The summed E-state index contributed by atoms with van der Waals surface area (Å²) < 4.78 is 54.5. The zero-order valence-electron chi connectivity index (χ0n) is 12.2.